The molecule has 160 valence electrons. The van der Waals surface area contributed by atoms with E-state index in [0.717, 1.165) is 29.5 Å². The number of fused-ring (bicyclic) bond motifs is 1. The van der Waals surface area contributed by atoms with Gasteiger partial charge in [-0.15, -0.1) is 5.10 Å². The van der Waals surface area contributed by atoms with Gasteiger partial charge in [-0.2, -0.15) is 4.68 Å². The lowest BCUT2D eigenvalue weighted by Crippen LogP contribution is -2.45. The lowest BCUT2D eigenvalue weighted by Gasteiger charge is -2.21. The van der Waals surface area contributed by atoms with Crippen LogP contribution in [0, 0.1) is 5.92 Å². The van der Waals surface area contributed by atoms with Crippen molar-refractivity contribution in [2.45, 2.75) is 58.4 Å². The van der Waals surface area contributed by atoms with Gasteiger partial charge in [-0.05, 0) is 49.8 Å². The van der Waals surface area contributed by atoms with Crippen molar-refractivity contribution in [1.29, 1.82) is 0 Å². The molecule has 1 atom stereocenters. The van der Waals surface area contributed by atoms with Gasteiger partial charge < -0.3 is 5.32 Å². The highest BCUT2D eigenvalue weighted by Gasteiger charge is 2.30. The molecule has 0 saturated carbocycles. The molecule has 9 heteroatoms. The first-order chi connectivity index (χ1) is 14.4. The van der Waals surface area contributed by atoms with Crippen molar-refractivity contribution in [3.63, 3.8) is 0 Å². The average Bonchev–Trinajstić information content (AvgIpc) is 2.73. The molecule has 1 aliphatic heterocycles. The van der Waals surface area contributed by atoms with E-state index in [1.54, 1.807) is 12.1 Å². The summed E-state index contributed by atoms with van der Waals surface area (Å²) in [5, 5.41) is 13.5. The first kappa shape index (κ1) is 21.6. The zero-order chi connectivity index (χ0) is 21.7. The van der Waals surface area contributed by atoms with Crippen molar-refractivity contribution < 1.29 is 14.4 Å². The predicted molar refractivity (Wildman–Crippen MR) is 111 cm³/mol. The lowest BCUT2D eigenvalue weighted by molar-refractivity contribution is -0.136. The molecular formula is C21H27N5O4. The van der Waals surface area contributed by atoms with E-state index in [2.05, 4.69) is 20.9 Å². The van der Waals surface area contributed by atoms with Crippen LogP contribution in [0.4, 0.5) is 0 Å². The number of carbonyl (C=O) groups excluding carboxylic acids is 3. The standard InChI is InChI=1S/C21H27N5O4/c1-3-14(4-2)19(28)22-11-5-6-13-7-8-16-15(12-13)21(30)26(25-24-16)17-9-10-18(27)23-20(17)29/h7-8,12,14,17H,3-6,9-11H2,1-2H3,(H,22,28)(H,23,27,29). The minimum Gasteiger partial charge on any atom is -0.356 e. The number of carbonyl (C=O) groups is 3. The Morgan fingerprint density at radius 2 is 2.03 bits per heavy atom. The monoisotopic (exact) mass is 413 g/mol. The second-order valence-electron chi connectivity index (χ2n) is 7.57. The number of benzene rings is 1. The van der Waals surface area contributed by atoms with E-state index < -0.39 is 17.5 Å². The van der Waals surface area contributed by atoms with Crippen molar-refractivity contribution in [2.24, 2.45) is 5.92 Å². The number of imide groups is 1. The van der Waals surface area contributed by atoms with E-state index in [1.165, 1.54) is 0 Å². The Labute approximate surface area is 174 Å². The van der Waals surface area contributed by atoms with E-state index in [9.17, 15) is 19.2 Å². The lowest BCUT2D eigenvalue weighted by atomic mass is 10.0. The van der Waals surface area contributed by atoms with E-state index in [4.69, 9.17) is 0 Å². The summed E-state index contributed by atoms with van der Waals surface area (Å²) in [7, 11) is 0. The number of hydrogen-bond acceptors (Lipinski definition) is 6. The van der Waals surface area contributed by atoms with Crippen LogP contribution in [0.1, 0.15) is 57.6 Å². The fourth-order valence-corrected chi connectivity index (χ4v) is 3.68. The number of rotatable bonds is 8. The van der Waals surface area contributed by atoms with Gasteiger partial charge in [0.25, 0.3) is 11.5 Å². The van der Waals surface area contributed by atoms with Crippen molar-refractivity contribution >= 4 is 28.6 Å². The van der Waals surface area contributed by atoms with Crippen LogP contribution < -0.4 is 16.2 Å². The Morgan fingerprint density at radius 1 is 1.27 bits per heavy atom. The third-order valence-electron chi connectivity index (χ3n) is 5.55. The summed E-state index contributed by atoms with van der Waals surface area (Å²) in [6.45, 7) is 4.59. The van der Waals surface area contributed by atoms with Gasteiger partial charge in [0.15, 0.2) is 0 Å². The number of amides is 3. The summed E-state index contributed by atoms with van der Waals surface area (Å²) in [6, 6.07) is 4.54. The number of piperidine rings is 1. The van der Waals surface area contributed by atoms with Gasteiger partial charge in [-0.3, -0.25) is 24.5 Å². The number of aryl methyl sites for hydroxylation is 1. The van der Waals surface area contributed by atoms with Crippen LogP contribution >= 0.6 is 0 Å². The molecule has 3 amide bonds. The van der Waals surface area contributed by atoms with Crippen LogP contribution in [-0.4, -0.2) is 39.3 Å². The number of nitrogens with one attached hydrogen (secondary N) is 2. The summed E-state index contributed by atoms with van der Waals surface area (Å²) < 4.78 is 1.06. The largest absolute Gasteiger partial charge is 0.356 e. The maximum absolute atomic E-state index is 12.9. The zero-order valence-electron chi connectivity index (χ0n) is 17.3. The summed E-state index contributed by atoms with van der Waals surface area (Å²) in [4.78, 5) is 48.4. The van der Waals surface area contributed by atoms with Crippen molar-refractivity contribution in [3.05, 3.63) is 34.1 Å². The Kier molecular flexibility index (Phi) is 6.91. The summed E-state index contributed by atoms with van der Waals surface area (Å²) in [5.41, 5.74) is 0.993. The molecule has 0 spiro atoms. The summed E-state index contributed by atoms with van der Waals surface area (Å²) >= 11 is 0. The molecule has 30 heavy (non-hydrogen) atoms. The number of aromatic nitrogens is 3. The van der Waals surface area contributed by atoms with Crippen LogP contribution in [0.15, 0.2) is 23.0 Å². The van der Waals surface area contributed by atoms with Crippen molar-refractivity contribution in [3.8, 4) is 0 Å². The van der Waals surface area contributed by atoms with Gasteiger partial charge in [0, 0.05) is 18.9 Å². The SMILES string of the molecule is CCC(CC)C(=O)NCCCc1ccc2nnn(C3CCC(=O)NC3=O)c(=O)c2c1. The smallest absolute Gasteiger partial charge is 0.278 e. The Bertz CT molecular complexity index is 1010. The molecule has 1 aromatic heterocycles. The highest BCUT2D eigenvalue weighted by Crippen LogP contribution is 2.17. The molecule has 9 nitrogen and oxygen atoms in total. The maximum atomic E-state index is 12.9. The molecule has 0 radical (unpaired) electrons. The molecule has 3 rings (SSSR count). The minimum atomic E-state index is -0.837. The normalized spacial score (nSPS) is 16.7. The van der Waals surface area contributed by atoms with Crippen LogP contribution in [0.25, 0.3) is 10.9 Å². The van der Waals surface area contributed by atoms with Gasteiger partial charge in [-0.25, -0.2) is 0 Å². The molecule has 2 N–H and O–H groups in total. The maximum Gasteiger partial charge on any atom is 0.278 e. The Hall–Kier alpha value is -3.10. The molecule has 1 saturated heterocycles. The van der Waals surface area contributed by atoms with Crippen LogP contribution in [0.5, 0.6) is 0 Å². The van der Waals surface area contributed by atoms with Gasteiger partial charge in [0.2, 0.25) is 11.8 Å². The minimum absolute atomic E-state index is 0.0509. The molecule has 1 fully saturated rings. The van der Waals surface area contributed by atoms with Crippen molar-refractivity contribution in [1.82, 2.24) is 25.6 Å². The fourth-order valence-electron chi connectivity index (χ4n) is 3.68. The molecule has 1 aliphatic rings. The van der Waals surface area contributed by atoms with Crippen LogP contribution in [0.3, 0.4) is 0 Å². The highest BCUT2D eigenvalue weighted by atomic mass is 16.2. The topological polar surface area (TPSA) is 123 Å². The second kappa shape index (κ2) is 9.60. The molecule has 2 heterocycles. The zero-order valence-corrected chi connectivity index (χ0v) is 17.3. The van der Waals surface area contributed by atoms with E-state index in [-0.39, 0.29) is 30.6 Å². The fraction of sp³-hybridized carbons (Fsp3) is 0.524. The number of nitrogens with zero attached hydrogens (tertiary/aromatic N) is 3. The van der Waals surface area contributed by atoms with Gasteiger partial charge in [0.1, 0.15) is 11.6 Å². The number of hydrogen-bond donors (Lipinski definition) is 2. The van der Waals surface area contributed by atoms with Gasteiger partial charge >= 0.3 is 0 Å². The summed E-state index contributed by atoms with van der Waals surface area (Å²) in [5.74, 6) is -0.751. The average molecular weight is 413 g/mol. The quantitative estimate of drug-likeness (QED) is 0.496. The summed E-state index contributed by atoms with van der Waals surface area (Å²) in [6.07, 6.45) is 3.48. The van der Waals surface area contributed by atoms with E-state index >= 15 is 0 Å². The molecule has 0 aliphatic carbocycles. The first-order valence-corrected chi connectivity index (χ1v) is 10.4. The van der Waals surface area contributed by atoms with Gasteiger partial charge in [-0.1, -0.05) is 25.1 Å². The van der Waals surface area contributed by atoms with E-state index in [0.29, 0.717) is 23.9 Å². The van der Waals surface area contributed by atoms with Gasteiger partial charge in [0.05, 0.1) is 5.39 Å². The molecule has 0 bridgehead atoms. The first-order valence-electron chi connectivity index (χ1n) is 10.4. The molecule has 1 aromatic carbocycles. The third kappa shape index (κ3) is 4.72. The Morgan fingerprint density at radius 3 is 2.73 bits per heavy atom. The molecule has 1 unspecified atom stereocenters. The van der Waals surface area contributed by atoms with Crippen LogP contribution in [-0.2, 0) is 20.8 Å². The Balaban J connectivity index is 1.70. The predicted octanol–water partition coefficient (Wildman–Crippen LogP) is 1.25. The third-order valence-corrected chi connectivity index (χ3v) is 5.55. The van der Waals surface area contributed by atoms with Crippen molar-refractivity contribution in [2.75, 3.05) is 6.54 Å². The van der Waals surface area contributed by atoms with Crippen LogP contribution in [0.2, 0.25) is 0 Å². The molecule has 2 aromatic rings. The molecular weight excluding hydrogens is 386 g/mol. The van der Waals surface area contributed by atoms with E-state index in [1.807, 2.05) is 19.9 Å². The second-order valence-corrected chi connectivity index (χ2v) is 7.57. The highest BCUT2D eigenvalue weighted by molar-refractivity contribution is 5.99.